The molecule has 0 spiro atoms. The molecule has 2 aromatic rings. The lowest BCUT2D eigenvalue weighted by Gasteiger charge is -2.38. The summed E-state index contributed by atoms with van der Waals surface area (Å²) in [7, 11) is 1.66. The Balaban J connectivity index is 1.59. The summed E-state index contributed by atoms with van der Waals surface area (Å²) in [6.07, 6.45) is 0. The van der Waals surface area contributed by atoms with Crippen molar-refractivity contribution in [1.82, 2.24) is 10.2 Å². The first-order chi connectivity index (χ1) is 14.5. The van der Waals surface area contributed by atoms with E-state index in [0.29, 0.717) is 31.9 Å². The number of para-hydroxylation sites is 3. The van der Waals surface area contributed by atoms with Gasteiger partial charge in [-0.1, -0.05) is 44.2 Å². The molecular weight excluding hydrogens is 380 g/mol. The van der Waals surface area contributed by atoms with Crippen molar-refractivity contribution < 1.29 is 14.3 Å². The van der Waals surface area contributed by atoms with E-state index in [1.165, 1.54) is 0 Å². The number of ether oxygens (including phenoxy) is 1. The number of rotatable bonds is 6. The number of anilines is 2. The number of benzene rings is 2. The standard InChI is InChI=1S/C23H30N4O3/c1-17(2)21(25-23(29)24-18-9-5-4-6-10-18)22(28)27-15-13-26(14-16-27)19-11-7-8-12-20(19)30-3/h4-12,17,21H,13-16H2,1-3H3,(H2,24,25,29). The fourth-order valence-corrected chi connectivity index (χ4v) is 3.60. The summed E-state index contributed by atoms with van der Waals surface area (Å²) < 4.78 is 5.46. The monoisotopic (exact) mass is 410 g/mol. The average molecular weight is 411 g/mol. The topological polar surface area (TPSA) is 73.9 Å². The summed E-state index contributed by atoms with van der Waals surface area (Å²) in [6.45, 7) is 6.51. The van der Waals surface area contributed by atoms with E-state index < -0.39 is 6.04 Å². The molecule has 1 unspecified atom stereocenters. The van der Waals surface area contributed by atoms with Gasteiger partial charge in [-0.05, 0) is 30.2 Å². The van der Waals surface area contributed by atoms with Crippen molar-refractivity contribution in [3.63, 3.8) is 0 Å². The van der Waals surface area contributed by atoms with Gasteiger partial charge in [-0.3, -0.25) is 4.79 Å². The highest BCUT2D eigenvalue weighted by atomic mass is 16.5. The van der Waals surface area contributed by atoms with E-state index in [0.717, 1.165) is 11.4 Å². The van der Waals surface area contributed by atoms with Crippen molar-refractivity contribution >= 4 is 23.3 Å². The highest BCUT2D eigenvalue weighted by Gasteiger charge is 2.31. The second kappa shape index (κ2) is 10.0. The number of amides is 3. The predicted octanol–water partition coefficient (Wildman–Crippen LogP) is 3.19. The number of nitrogens with zero attached hydrogens (tertiary/aromatic N) is 2. The Morgan fingerprint density at radius 1 is 0.933 bits per heavy atom. The van der Waals surface area contributed by atoms with Crippen LogP contribution in [0.25, 0.3) is 0 Å². The zero-order valence-corrected chi connectivity index (χ0v) is 17.8. The summed E-state index contributed by atoms with van der Waals surface area (Å²) in [4.78, 5) is 29.6. The van der Waals surface area contributed by atoms with Crippen LogP contribution >= 0.6 is 0 Å². The van der Waals surface area contributed by atoms with Crippen LogP contribution in [0.4, 0.5) is 16.2 Å². The van der Waals surface area contributed by atoms with Gasteiger partial charge in [-0.15, -0.1) is 0 Å². The highest BCUT2D eigenvalue weighted by molar-refractivity contribution is 5.93. The van der Waals surface area contributed by atoms with E-state index in [1.54, 1.807) is 7.11 Å². The molecule has 1 atom stereocenters. The molecule has 1 aliphatic heterocycles. The fraction of sp³-hybridized carbons (Fsp3) is 0.391. The first-order valence-electron chi connectivity index (χ1n) is 10.3. The van der Waals surface area contributed by atoms with E-state index in [-0.39, 0.29) is 17.9 Å². The van der Waals surface area contributed by atoms with Crippen molar-refractivity contribution in [2.75, 3.05) is 43.5 Å². The van der Waals surface area contributed by atoms with Crippen LogP contribution in [0.5, 0.6) is 5.75 Å². The molecule has 7 nitrogen and oxygen atoms in total. The molecule has 1 heterocycles. The number of hydrogen-bond acceptors (Lipinski definition) is 4. The van der Waals surface area contributed by atoms with Gasteiger partial charge >= 0.3 is 6.03 Å². The van der Waals surface area contributed by atoms with E-state index in [2.05, 4.69) is 15.5 Å². The molecule has 0 saturated carbocycles. The summed E-state index contributed by atoms with van der Waals surface area (Å²) >= 11 is 0. The Morgan fingerprint density at radius 2 is 1.57 bits per heavy atom. The Hall–Kier alpha value is -3.22. The molecule has 1 aliphatic rings. The minimum atomic E-state index is -0.577. The minimum absolute atomic E-state index is 0.0220. The zero-order valence-electron chi connectivity index (χ0n) is 17.8. The Labute approximate surface area is 178 Å². The lowest BCUT2D eigenvalue weighted by molar-refractivity contribution is -0.134. The molecule has 2 aromatic carbocycles. The van der Waals surface area contributed by atoms with Gasteiger partial charge in [-0.25, -0.2) is 4.79 Å². The van der Waals surface area contributed by atoms with Gasteiger partial charge in [0.15, 0.2) is 0 Å². The molecule has 2 N–H and O–H groups in total. The zero-order chi connectivity index (χ0) is 21.5. The molecule has 0 aromatic heterocycles. The van der Waals surface area contributed by atoms with Crippen LogP contribution in [-0.4, -0.2) is 56.2 Å². The highest BCUT2D eigenvalue weighted by Crippen LogP contribution is 2.28. The first kappa shape index (κ1) is 21.5. The normalized spacial score (nSPS) is 14.9. The predicted molar refractivity (Wildman–Crippen MR) is 119 cm³/mol. The first-order valence-corrected chi connectivity index (χ1v) is 10.3. The van der Waals surface area contributed by atoms with Gasteiger partial charge in [-0.2, -0.15) is 0 Å². The van der Waals surface area contributed by atoms with Crippen molar-refractivity contribution in [3.05, 3.63) is 54.6 Å². The maximum Gasteiger partial charge on any atom is 0.319 e. The van der Waals surface area contributed by atoms with Crippen molar-refractivity contribution in [1.29, 1.82) is 0 Å². The summed E-state index contributed by atoms with van der Waals surface area (Å²) in [5.74, 6) is 0.760. The number of hydrogen-bond donors (Lipinski definition) is 2. The smallest absolute Gasteiger partial charge is 0.319 e. The van der Waals surface area contributed by atoms with E-state index in [1.807, 2.05) is 73.3 Å². The van der Waals surface area contributed by atoms with Crippen LogP contribution in [0, 0.1) is 5.92 Å². The molecule has 30 heavy (non-hydrogen) atoms. The van der Waals surface area contributed by atoms with Gasteiger partial charge in [0.05, 0.1) is 12.8 Å². The van der Waals surface area contributed by atoms with Crippen LogP contribution in [0.3, 0.4) is 0 Å². The number of urea groups is 1. The maximum absolute atomic E-state index is 13.1. The van der Waals surface area contributed by atoms with Crippen LogP contribution in [-0.2, 0) is 4.79 Å². The minimum Gasteiger partial charge on any atom is -0.495 e. The third-order valence-corrected chi connectivity index (χ3v) is 5.27. The van der Waals surface area contributed by atoms with E-state index in [4.69, 9.17) is 4.74 Å². The van der Waals surface area contributed by atoms with Crippen LogP contribution < -0.4 is 20.3 Å². The third kappa shape index (κ3) is 5.23. The molecule has 0 aliphatic carbocycles. The number of carbonyl (C=O) groups excluding carboxylic acids is 2. The summed E-state index contributed by atoms with van der Waals surface area (Å²) in [5, 5.41) is 5.63. The fourth-order valence-electron chi connectivity index (χ4n) is 3.60. The second-order valence-corrected chi connectivity index (χ2v) is 7.67. The molecule has 1 fully saturated rings. The van der Waals surface area contributed by atoms with Crippen molar-refractivity contribution in [3.8, 4) is 5.75 Å². The molecule has 1 saturated heterocycles. The largest absolute Gasteiger partial charge is 0.495 e. The second-order valence-electron chi connectivity index (χ2n) is 7.67. The van der Waals surface area contributed by atoms with Gasteiger partial charge in [0, 0.05) is 31.9 Å². The number of methoxy groups -OCH3 is 1. The van der Waals surface area contributed by atoms with Crippen molar-refractivity contribution in [2.45, 2.75) is 19.9 Å². The molecule has 160 valence electrons. The number of nitrogens with one attached hydrogen (secondary N) is 2. The average Bonchev–Trinajstić information content (AvgIpc) is 2.77. The molecule has 0 bridgehead atoms. The van der Waals surface area contributed by atoms with Gasteiger partial charge in [0.25, 0.3) is 0 Å². The number of piperazine rings is 1. The summed E-state index contributed by atoms with van der Waals surface area (Å²) in [6, 6.07) is 16.2. The maximum atomic E-state index is 13.1. The Kier molecular flexibility index (Phi) is 7.17. The van der Waals surface area contributed by atoms with Gasteiger partial charge in [0.2, 0.25) is 5.91 Å². The van der Waals surface area contributed by atoms with Gasteiger partial charge < -0.3 is 25.2 Å². The Morgan fingerprint density at radius 3 is 2.20 bits per heavy atom. The van der Waals surface area contributed by atoms with Crippen molar-refractivity contribution in [2.24, 2.45) is 5.92 Å². The quantitative estimate of drug-likeness (QED) is 0.767. The molecule has 3 rings (SSSR count). The van der Waals surface area contributed by atoms with Crippen LogP contribution in [0.2, 0.25) is 0 Å². The third-order valence-electron chi connectivity index (χ3n) is 5.27. The molecule has 0 radical (unpaired) electrons. The number of carbonyl (C=O) groups is 2. The SMILES string of the molecule is COc1ccccc1N1CCN(C(=O)C(NC(=O)Nc2ccccc2)C(C)C)CC1. The van der Waals surface area contributed by atoms with Crippen LogP contribution in [0.1, 0.15) is 13.8 Å². The van der Waals surface area contributed by atoms with Crippen LogP contribution in [0.15, 0.2) is 54.6 Å². The molecule has 7 heteroatoms. The molecule has 3 amide bonds. The lowest BCUT2D eigenvalue weighted by Crippen LogP contribution is -2.57. The van der Waals surface area contributed by atoms with E-state index in [9.17, 15) is 9.59 Å². The Bertz CT molecular complexity index is 849. The van der Waals surface area contributed by atoms with E-state index >= 15 is 0 Å². The molecular formula is C23H30N4O3. The lowest BCUT2D eigenvalue weighted by atomic mass is 10.0. The van der Waals surface area contributed by atoms with Gasteiger partial charge in [0.1, 0.15) is 11.8 Å². The summed E-state index contributed by atoms with van der Waals surface area (Å²) in [5.41, 5.74) is 1.73.